The summed E-state index contributed by atoms with van der Waals surface area (Å²) in [4.78, 5) is 8.05. The number of nitrogens with zero attached hydrogens (tertiary/aromatic N) is 3. The van der Waals surface area contributed by atoms with Crippen molar-refractivity contribution >= 4 is 0 Å². The lowest BCUT2D eigenvalue weighted by Gasteiger charge is -2.05. The highest BCUT2D eigenvalue weighted by Crippen LogP contribution is 2.04. The van der Waals surface area contributed by atoms with Crippen molar-refractivity contribution < 1.29 is 0 Å². The van der Waals surface area contributed by atoms with E-state index in [1.165, 1.54) is 0 Å². The van der Waals surface area contributed by atoms with Gasteiger partial charge in [0.05, 0.1) is 0 Å². The van der Waals surface area contributed by atoms with Crippen LogP contribution in [0, 0.1) is 11.3 Å². The van der Waals surface area contributed by atoms with Crippen molar-refractivity contribution in [2.24, 2.45) is 0 Å². The molecule has 0 fully saturated rings. The summed E-state index contributed by atoms with van der Waals surface area (Å²) in [6.07, 6.45) is 5.20. The molecule has 4 nitrogen and oxygen atoms in total. The topological polar surface area (TPSA) is 61.6 Å². The maximum Gasteiger partial charge on any atom is 0.144 e. The Morgan fingerprint density at radius 3 is 2.82 bits per heavy atom. The summed E-state index contributed by atoms with van der Waals surface area (Å²) in [7, 11) is 0. The number of hydrogen-bond donors (Lipinski definition) is 1. The van der Waals surface area contributed by atoms with Gasteiger partial charge in [-0.3, -0.25) is 4.98 Å². The van der Waals surface area contributed by atoms with Crippen LogP contribution in [0.15, 0.2) is 42.9 Å². The van der Waals surface area contributed by atoms with Crippen LogP contribution in [0.1, 0.15) is 16.8 Å². The summed E-state index contributed by atoms with van der Waals surface area (Å²) in [5.41, 5.74) is 2.51. The molecule has 4 heteroatoms. The first kappa shape index (κ1) is 11.2. The molecule has 2 heterocycles. The van der Waals surface area contributed by atoms with Crippen molar-refractivity contribution in [1.29, 1.82) is 5.26 Å². The molecule has 0 aliphatic heterocycles. The van der Waals surface area contributed by atoms with Crippen molar-refractivity contribution in [3.05, 3.63) is 59.7 Å². The second-order valence-corrected chi connectivity index (χ2v) is 3.59. The van der Waals surface area contributed by atoms with Crippen LogP contribution in [0.2, 0.25) is 0 Å². The lowest BCUT2D eigenvalue weighted by atomic mass is 10.2. The Balaban J connectivity index is 1.93. The van der Waals surface area contributed by atoms with Gasteiger partial charge in [0.25, 0.3) is 0 Å². The lowest BCUT2D eigenvalue weighted by Crippen LogP contribution is -2.14. The molecule has 0 radical (unpaired) electrons. The molecule has 0 aliphatic rings. The van der Waals surface area contributed by atoms with Gasteiger partial charge in [-0.1, -0.05) is 12.1 Å². The monoisotopic (exact) mass is 224 g/mol. The van der Waals surface area contributed by atoms with Gasteiger partial charge in [0, 0.05) is 37.2 Å². The number of pyridine rings is 2. The number of nitrogens with one attached hydrogen (secondary N) is 1. The van der Waals surface area contributed by atoms with Crippen LogP contribution >= 0.6 is 0 Å². The van der Waals surface area contributed by atoms with Gasteiger partial charge < -0.3 is 5.32 Å². The average molecular weight is 224 g/mol. The van der Waals surface area contributed by atoms with Gasteiger partial charge >= 0.3 is 0 Å². The molecule has 0 saturated carbocycles. The number of hydrogen-bond acceptors (Lipinski definition) is 4. The SMILES string of the molecule is N#Cc1ncccc1CNCc1cccnc1. The van der Waals surface area contributed by atoms with E-state index in [1.54, 1.807) is 12.4 Å². The summed E-state index contributed by atoms with van der Waals surface area (Å²) >= 11 is 0. The van der Waals surface area contributed by atoms with E-state index < -0.39 is 0 Å². The molecule has 1 N–H and O–H groups in total. The predicted molar refractivity (Wildman–Crippen MR) is 63.7 cm³/mol. The van der Waals surface area contributed by atoms with Gasteiger partial charge in [-0.2, -0.15) is 5.26 Å². The zero-order chi connectivity index (χ0) is 11.9. The molecule has 2 rings (SSSR count). The first-order valence-electron chi connectivity index (χ1n) is 5.34. The molecule has 0 atom stereocenters. The van der Waals surface area contributed by atoms with Crippen molar-refractivity contribution in [3.8, 4) is 6.07 Å². The van der Waals surface area contributed by atoms with Crippen molar-refractivity contribution in [1.82, 2.24) is 15.3 Å². The van der Waals surface area contributed by atoms with Gasteiger partial charge in [-0.05, 0) is 17.7 Å². The average Bonchev–Trinajstić information content (AvgIpc) is 2.40. The number of aromatic nitrogens is 2. The Labute approximate surface area is 100.0 Å². The summed E-state index contributed by atoms with van der Waals surface area (Å²) in [6, 6.07) is 9.73. The first-order valence-corrected chi connectivity index (χ1v) is 5.34. The molecule has 84 valence electrons. The minimum absolute atomic E-state index is 0.478. The number of rotatable bonds is 4. The van der Waals surface area contributed by atoms with Crippen LogP contribution in [0.5, 0.6) is 0 Å². The molecule has 0 aliphatic carbocycles. The van der Waals surface area contributed by atoms with E-state index in [0.29, 0.717) is 12.2 Å². The Kier molecular flexibility index (Phi) is 3.79. The van der Waals surface area contributed by atoms with Gasteiger partial charge in [0.2, 0.25) is 0 Å². The van der Waals surface area contributed by atoms with Gasteiger partial charge in [-0.15, -0.1) is 0 Å². The standard InChI is InChI=1S/C13H12N4/c14-7-13-12(4-2-6-17-13)10-16-9-11-3-1-5-15-8-11/h1-6,8,16H,9-10H2. The molecule has 0 saturated heterocycles. The quantitative estimate of drug-likeness (QED) is 0.857. The largest absolute Gasteiger partial charge is 0.308 e. The van der Waals surface area contributed by atoms with E-state index in [9.17, 15) is 0 Å². The van der Waals surface area contributed by atoms with Crippen molar-refractivity contribution in [3.63, 3.8) is 0 Å². The molecule has 2 aromatic rings. The Hall–Kier alpha value is -2.25. The van der Waals surface area contributed by atoms with Crippen LogP contribution in [0.3, 0.4) is 0 Å². The van der Waals surface area contributed by atoms with Crippen LogP contribution in [0.4, 0.5) is 0 Å². The Morgan fingerprint density at radius 2 is 2.06 bits per heavy atom. The third-order valence-electron chi connectivity index (χ3n) is 2.36. The summed E-state index contributed by atoms with van der Waals surface area (Å²) in [6.45, 7) is 1.36. The van der Waals surface area contributed by atoms with Gasteiger partial charge in [-0.25, -0.2) is 4.98 Å². The van der Waals surface area contributed by atoms with Crippen molar-refractivity contribution in [2.75, 3.05) is 0 Å². The summed E-state index contributed by atoms with van der Waals surface area (Å²) in [5.74, 6) is 0. The maximum absolute atomic E-state index is 8.88. The second-order valence-electron chi connectivity index (χ2n) is 3.59. The van der Waals surface area contributed by atoms with E-state index in [1.807, 2.05) is 30.5 Å². The summed E-state index contributed by atoms with van der Waals surface area (Å²) < 4.78 is 0. The first-order chi connectivity index (χ1) is 8.40. The smallest absolute Gasteiger partial charge is 0.144 e. The molecular formula is C13H12N4. The molecule has 17 heavy (non-hydrogen) atoms. The van der Waals surface area contributed by atoms with E-state index in [-0.39, 0.29) is 0 Å². The third kappa shape index (κ3) is 3.10. The molecule has 0 unspecified atom stereocenters. The zero-order valence-electron chi connectivity index (χ0n) is 9.30. The minimum Gasteiger partial charge on any atom is -0.308 e. The molecule has 0 amide bonds. The molecule has 0 bridgehead atoms. The van der Waals surface area contributed by atoms with Gasteiger partial charge in [0.1, 0.15) is 11.8 Å². The fourth-order valence-electron chi connectivity index (χ4n) is 1.53. The van der Waals surface area contributed by atoms with E-state index in [0.717, 1.165) is 17.7 Å². The van der Waals surface area contributed by atoms with Crippen LogP contribution < -0.4 is 5.32 Å². The molecular weight excluding hydrogens is 212 g/mol. The van der Waals surface area contributed by atoms with Crippen LogP contribution in [0.25, 0.3) is 0 Å². The maximum atomic E-state index is 8.88. The van der Waals surface area contributed by atoms with E-state index in [4.69, 9.17) is 5.26 Å². The zero-order valence-corrected chi connectivity index (χ0v) is 9.30. The minimum atomic E-state index is 0.478. The highest BCUT2D eigenvalue weighted by molar-refractivity contribution is 5.30. The second kappa shape index (κ2) is 5.73. The lowest BCUT2D eigenvalue weighted by molar-refractivity contribution is 0.688. The Morgan fingerprint density at radius 1 is 1.18 bits per heavy atom. The van der Waals surface area contributed by atoms with E-state index >= 15 is 0 Å². The third-order valence-corrected chi connectivity index (χ3v) is 2.36. The fraction of sp³-hybridized carbons (Fsp3) is 0.154. The molecule has 0 spiro atoms. The fourth-order valence-corrected chi connectivity index (χ4v) is 1.53. The Bertz CT molecular complexity index is 516. The molecule has 0 aromatic carbocycles. The highest BCUT2D eigenvalue weighted by atomic mass is 14.9. The highest BCUT2D eigenvalue weighted by Gasteiger charge is 2.01. The van der Waals surface area contributed by atoms with Crippen LogP contribution in [-0.4, -0.2) is 9.97 Å². The van der Waals surface area contributed by atoms with E-state index in [2.05, 4.69) is 21.4 Å². The van der Waals surface area contributed by atoms with Crippen LogP contribution in [-0.2, 0) is 13.1 Å². The van der Waals surface area contributed by atoms with Gasteiger partial charge in [0.15, 0.2) is 0 Å². The normalized spacial score (nSPS) is 9.82. The van der Waals surface area contributed by atoms with Crippen molar-refractivity contribution in [2.45, 2.75) is 13.1 Å². The summed E-state index contributed by atoms with van der Waals surface area (Å²) in [5, 5.41) is 12.1. The molecule has 2 aromatic heterocycles. The predicted octanol–water partition coefficient (Wildman–Crippen LogP) is 1.64. The number of nitriles is 1.